The van der Waals surface area contributed by atoms with Crippen LogP contribution in [0.25, 0.3) is 6.08 Å². The second-order valence-electron chi connectivity index (χ2n) is 5.05. The van der Waals surface area contributed by atoms with E-state index in [-0.39, 0.29) is 36.3 Å². The van der Waals surface area contributed by atoms with E-state index in [0.717, 1.165) is 0 Å². The molecule has 0 aromatic heterocycles. The smallest absolute Gasteiger partial charge is 0.303 e. The standard InChI is InChI=1S/C15H14N2O7/c18-13-8-10(15(21)16-13)6-9-7-11(3-4-12(9)17(22)23)24-5-1-2-14(19)20/h3-4,6-7H,1-2,5,8H2,(H,19,20)(H,16,18,21)/b10-6+. The lowest BCUT2D eigenvalue weighted by Crippen LogP contribution is -2.19. The van der Waals surface area contributed by atoms with Gasteiger partial charge in [0.05, 0.1) is 23.5 Å². The van der Waals surface area contributed by atoms with Gasteiger partial charge >= 0.3 is 5.97 Å². The Bertz CT molecular complexity index is 739. The quantitative estimate of drug-likeness (QED) is 0.252. The van der Waals surface area contributed by atoms with Crippen molar-refractivity contribution in [2.24, 2.45) is 0 Å². The van der Waals surface area contributed by atoms with Gasteiger partial charge in [0.2, 0.25) is 5.91 Å². The Kier molecular flexibility index (Phi) is 5.25. The predicted octanol–water partition coefficient (Wildman–Crippen LogP) is 1.27. The number of benzene rings is 1. The number of hydrogen-bond donors (Lipinski definition) is 2. The third kappa shape index (κ3) is 4.38. The first kappa shape index (κ1) is 17.1. The van der Waals surface area contributed by atoms with E-state index < -0.39 is 22.7 Å². The number of imide groups is 1. The van der Waals surface area contributed by atoms with Crippen LogP contribution in [0.3, 0.4) is 0 Å². The molecule has 0 atom stereocenters. The van der Waals surface area contributed by atoms with Crippen LogP contribution in [-0.2, 0) is 14.4 Å². The second kappa shape index (κ2) is 7.36. The van der Waals surface area contributed by atoms with E-state index in [2.05, 4.69) is 5.32 Å². The van der Waals surface area contributed by atoms with Gasteiger partial charge in [-0.3, -0.25) is 29.8 Å². The molecule has 126 valence electrons. The number of nitro benzene ring substituents is 1. The molecule has 0 bridgehead atoms. The maximum atomic E-state index is 11.6. The molecule has 1 aliphatic rings. The first-order chi connectivity index (χ1) is 11.4. The molecular formula is C15H14N2O7. The summed E-state index contributed by atoms with van der Waals surface area (Å²) in [7, 11) is 0. The van der Waals surface area contributed by atoms with Crippen molar-refractivity contribution in [1.29, 1.82) is 0 Å². The van der Waals surface area contributed by atoms with Gasteiger partial charge in [-0.1, -0.05) is 0 Å². The fourth-order valence-electron chi connectivity index (χ4n) is 2.13. The van der Waals surface area contributed by atoms with Crippen LogP contribution in [0.4, 0.5) is 5.69 Å². The molecule has 1 aliphatic heterocycles. The Balaban J connectivity index is 2.21. The maximum absolute atomic E-state index is 11.6. The summed E-state index contributed by atoms with van der Waals surface area (Å²) in [5, 5.41) is 21.7. The minimum Gasteiger partial charge on any atom is -0.494 e. The van der Waals surface area contributed by atoms with E-state index in [1.807, 2.05) is 0 Å². The molecule has 1 saturated heterocycles. The zero-order valence-electron chi connectivity index (χ0n) is 12.5. The van der Waals surface area contributed by atoms with Crippen LogP contribution in [0.15, 0.2) is 23.8 Å². The number of rotatable bonds is 7. The lowest BCUT2D eigenvalue weighted by Gasteiger charge is -2.07. The largest absolute Gasteiger partial charge is 0.494 e. The van der Waals surface area contributed by atoms with Crippen LogP contribution in [0.1, 0.15) is 24.8 Å². The first-order valence-electron chi connectivity index (χ1n) is 7.04. The first-order valence-corrected chi connectivity index (χ1v) is 7.04. The summed E-state index contributed by atoms with van der Waals surface area (Å²) in [6.07, 6.45) is 1.38. The van der Waals surface area contributed by atoms with E-state index in [1.165, 1.54) is 24.3 Å². The van der Waals surface area contributed by atoms with Gasteiger partial charge in [-0.15, -0.1) is 0 Å². The number of aliphatic carboxylic acids is 1. The molecule has 2 rings (SSSR count). The summed E-state index contributed by atoms with van der Waals surface area (Å²) >= 11 is 0. The van der Waals surface area contributed by atoms with Crippen LogP contribution in [-0.4, -0.2) is 34.4 Å². The van der Waals surface area contributed by atoms with Crippen molar-refractivity contribution in [2.45, 2.75) is 19.3 Å². The number of nitrogens with zero attached hydrogens (tertiary/aromatic N) is 1. The number of amides is 2. The molecule has 0 saturated carbocycles. The lowest BCUT2D eigenvalue weighted by atomic mass is 10.1. The molecule has 0 spiro atoms. The number of nitrogens with one attached hydrogen (secondary N) is 1. The Morgan fingerprint density at radius 2 is 2.17 bits per heavy atom. The third-order valence-electron chi connectivity index (χ3n) is 3.22. The zero-order valence-corrected chi connectivity index (χ0v) is 12.5. The highest BCUT2D eigenvalue weighted by atomic mass is 16.6. The number of nitro groups is 1. The molecule has 9 nitrogen and oxygen atoms in total. The van der Waals surface area contributed by atoms with Crippen LogP contribution in [0, 0.1) is 10.1 Å². The van der Waals surface area contributed by atoms with Crippen molar-refractivity contribution >= 4 is 29.5 Å². The second-order valence-corrected chi connectivity index (χ2v) is 5.05. The lowest BCUT2D eigenvalue weighted by molar-refractivity contribution is -0.385. The van der Waals surface area contributed by atoms with Gasteiger partial charge in [0.1, 0.15) is 5.75 Å². The average molecular weight is 334 g/mol. The molecule has 2 N–H and O–H groups in total. The van der Waals surface area contributed by atoms with Gasteiger partial charge in [-0.25, -0.2) is 0 Å². The summed E-state index contributed by atoms with van der Waals surface area (Å²) < 4.78 is 5.36. The predicted molar refractivity (Wildman–Crippen MR) is 81.2 cm³/mol. The van der Waals surface area contributed by atoms with Gasteiger partial charge in [-0.05, 0) is 24.6 Å². The monoisotopic (exact) mass is 334 g/mol. The van der Waals surface area contributed by atoms with Crippen LogP contribution in [0.2, 0.25) is 0 Å². The van der Waals surface area contributed by atoms with Gasteiger partial charge in [0.15, 0.2) is 0 Å². The number of ether oxygens (including phenoxy) is 1. The topological polar surface area (TPSA) is 136 Å². The van der Waals surface area contributed by atoms with Gasteiger partial charge in [-0.2, -0.15) is 0 Å². The van der Waals surface area contributed by atoms with Crippen molar-refractivity contribution in [1.82, 2.24) is 5.32 Å². The van der Waals surface area contributed by atoms with E-state index in [4.69, 9.17) is 9.84 Å². The van der Waals surface area contributed by atoms with Gasteiger partial charge in [0, 0.05) is 18.1 Å². The van der Waals surface area contributed by atoms with Crippen LogP contribution in [0.5, 0.6) is 5.75 Å². The average Bonchev–Trinajstić information content (AvgIpc) is 2.81. The molecule has 1 aromatic rings. The summed E-state index contributed by atoms with van der Waals surface area (Å²) in [6, 6.07) is 4.00. The summed E-state index contributed by atoms with van der Waals surface area (Å²) in [6.45, 7) is 0.138. The Labute approximate surface area is 136 Å². The number of carboxylic acids is 1. The van der Waals surface area contributed by atoms with Crippen molar-refractivity contribution < 1.29 is 29.2 Å². The molecule has 1 heterocycles. The fourth-order valence-corrected chi connectivity index (χ4v) is 2.13. The van der Waals surface area contributed by atoms with Crippen molar-refractivity contribution in [3.63, 3.8) is 0 Å². The van der Waals surface area contributed by atoms with Crippen molar-refractivity contribution in [2.75, 3.05) is 6.61 Å². The normalized spacial score (nSPS) is 15.4. The van der Waals surface area contributed by atoms with E-state index in [0.29, 0.717) is 12.2 Å². The van der Waals surface area contributed by atoms with Crippen molar-refractivity contribution in [3.8, 4) is 5.75 Å². The summed E-state index contributed by atoms with van der Waals surface area (Å²) in [4.78, 5) is 43.7. The van der Waals surface area contributed by atoms with E-state index in [1.54, 1.807) is 0 Å². The number of carbonyl (C=O) groups excluding carboxylic acids is 2. The third-order valence-corrected chi connectivity index (χ3v) is 3.22. The highest BCUT2D eigenvalue weighted by molar-refractivity contribution is 6.15. The summed E-state index contributed by atoms with van der Waals surface area (Å²) in [5.74, 6) is -1.68. The molecule has 2 amide bonds. The highest BCUT2D eigenvalue weighted by Gasteiger charge is 2.25. The molecular weight excluding hydrogens is 320 g/mol. The SMILES string of the molecule is O=C(O)CCCOc1ccc([N+](=O)[O-])c(/C=C2\CC(=O)NC2=O)c1. The minimum absolute atomic E-state index is 0.0494. The van der Waals surface area contributed by atoms with Crippen LogP contribution >= 0.6 is 0 Å². The van der Waals surface area contributed by atoms with E-state index >= 15 is 0 Å². The molecule has 24 heavy (non-hydrogen) atoms. The van der Waals surface area contributed by atoms with Crippen molar-refractivity contribution in [3.05, 3.63) is 39.4 Å². The Morgan fingerprint density at radius 3 is 2.75 bits per heavy atom. The summed E-state index contributed by atoms with van der Waals surface area (Å²) in [5.41, 5.74) is 0.0363. The number of carboxylic acid groups (broad SMARTS) is 1. The van der Waals surface area contributed by atoms with Gasteiger partial charge < -0.3 is 9.84 Å². The maximum Gasteiger partial charge on any atom is 0.303 e. The van der Waals surface area contributed by atoms with E-state index in [9.17, 15) is 24.5 Å². The number of carbonyl (C=O) groups is 3. The molecule has 0 radical (unpaired) electrons. The molecule has 0 aliphatic carbocycles. The Morgan fingerprint density at radius 1 is 1.42 bits per heavy atom. The van der Waals surface area contributed by atoms with Gasteiger partial charge in [0.25, 0.3) is 11.6 Å². The minimum atomic E-state index is -0.940. The van der Waals surface area contributed by atoms with Crippen LogP contribution < -0.4 is 10.1 Å². The molecule has 0 unspecified atom stereocenters. The zero-order chi connectivity index (χ0) is 17.7. The molecule has 9 heteroatoms. The number of hydrogen-bond acceptors (Lipinski definition) is 6. The molecule has 1 fully saturated rings. The highest BCUT2D eigenvalue weighted by Crippen LogP contribution is 2.27. The Hall–Kier alpha value is -3.23. The molecule has 1 aromatic carbocycles. The fraction of sp³-hybridized carbons (Fsp3) is 0.267.